The average Bonchev–Trinajstić information content (AvgIpc) is 3.06. The highest BCUT2D eigenvalue weighted by atomic mass is 16.5. The van der Waals surface area contributed by atoms with Gasteiger partial charge in [0.15, 0.2) is 0 Å². The van der Waals surface area contributed by atoms with Crippen LogP contribution in [0, 0.1) is 0 Å². The van der Waals surface area contributed by atoms with Gasteiger partial charge in [-0.25, -0.2) is 9.78 Å². The molecule has 3 heterocycles. The molecule has 2 amide bonds. The Morgan fingerprint density at radius 1 is 0.978 bits per heavy atom. The quantitative estimate of drug-likeness (QED) is 0.108. The Balaban J connectivity index is 1.50. The number of allylic oxidation sites excluding steroid dienone is 1. The number of carbonyl (C=O) groups is 1. The number of H-pyrrole nitrogens is 1. The van der Waals surface area contributed by atoms with E-state index in [9.17, 15) is 9.59 Å². The van der Waals surface area contributed by atoms with E-state index in [-0.39, 0.29) is 29.1 Å². The fourth-order valence-corrected chi connectivity index (χ4v) is 5.45. The Labute approximate surface area is 270 Å². The van der Waals surface area contributed by atoms with Crippen LogP contribution in [0.3, 0.4) is 0 Å². The summed E-state index contributed by atoms with van der Waals surface area (Å²) in [4.78, 5) is 40.1. The summed E-state index contributed by atoms with van der Waals surface area (Å²) >= 11 is 0. The molecule has 0 atom stereocenters. The molecule has 0 aliphatic carbocycles. The number of pyridine rings is 3. The normalized spacial score (nSPS) is 11.2. The molecule has 0 fully saturated rings. The van der Waals surface area contributed by atoms with E-state index in [0.29, 0.717) is 31.6 Å². The maximum Gasteiger partial charge on any atom is 0.326 e. The Morgan fingerprint density at radius 2 is 1.74 bits per heavy atom. The van der Waals surface area contributed by atoms with E-state index in [4.69, 9.17) is 4.74 Å². The molecule has 2 N–H and O–H groups in total. The minimum absolute atomic E-state index is 0.113. The second-order valence-electron chi connectivity index (χ2n) is 12.0. The van der Waals surface area contributed by atoms with Crippen LogP contribution in [0.2, 0.25) is 0 Å². The number of nitrogens with one attached hydrogen (secondary N) is 2. The lowest BCUT2D eigenvalue weighted by Gasteiger charge is -2.27. The van der Waals surface area contributed by atoms with Crippen LogP contribution >= 0.6 is 0 Å². The molecule has 0 saturated carbocycles. The number of nitrogens with zero attached hydrogens (tertiary/aromatic N) is 3. The van der Waals surface area contributed by atoms with E-state index in [2.05, 4.69) is 72.7 Å². The third-order valence-corrected chi connectivity index (χ3v) is 7.89. The Morgan fingerprint density at radius 3 is 2.43 bits per heavy atom. The molecule has 0 radical (unpaired) electrons. The number of benzene rings is 2. The van der Waals surface area contributed by atoms with Gasteiger partial charge in [-0.2, -0.15) is 0 Å². The molecule has 8 heteroatoms. The molecule has 2 aromatic carbocycles. The van der Waals surface area contributed by atoms with Crippen molar-refractivity contribution in [1.82, 2.24) is 15.0 Å². The Hall–Kier alpha value is -5.24. The number of unbranched alkanes of at least 4 members (excludes halogenated alkanes) is 1. The number of rotatable bonds is 12. The molecule has 0 bridgehead atoms. The van der Waals surface area contributed by atoms with Crippen molar-refractivity contribution in [2.45, 2.75) is 59.0 Å². The first-order chi connectivity index (χ1) is 22.2. The highest BCUT2D eigenvalue weighted by molar-refractivity contribution is 6.03. The van der Waals surface area contributed by atoms with E-state index in [1.54, 1.807) is 30.7 Å². The first-order valence-electron chi connectivity index (χ1n) is 15.7. The number of urea groups is 1. The number of ether oxygens (including phenoxy) is 1. The number of hydrogen-bond donors (Lipinski definition) is 2. The molecular formula is C38H41N5O3. The van der Waals surface area contributed by atoms with Crippen LogP contribution in [0.25, 0.3) is 22.2 Å². The monoisotopic (exact) mass is 615 g/mol. The van der Waals surface area contributed by atoms with Crippen molar-refractivity contribution in [3.63, 3.8) is 0 Å². The van der Waals surface area contributed by atoms with Crippen molar-refractivity contribution in [2.75, 3.05) is 16.8 Å². The lowest BCUT2D eigenvalue weighted by Crippen LogP contribution is -2.39. The Kier molecular flexibility index (Phi) is 10.3. The third kappa shape index (κ3) is 7.51. The zero-order chi connectivity index (χ0) is 32.6. The van der Waals surface area contributed by atoms with E-state index in [1.807, 2.05) is 42.5 Å². The number of carbonyl (C=O) groups excluding carboxylic acids is 1. The molecular weight excluding hydrogens is 574 g/mol. The molecule has 0 unspecified atom stereocenters. The average molecular weight is 616 g/mol. The summed E-state index contributed by atoms with van der Waals surface area (Å²) in [6.07, 6.45) is 8.36. The maximum atomic E-state index is 14.1. The predicted molar refractivity (Wildman–Crippen MR) is 187 cm³/mol. The zero-order valence-electron chi connectivity index (χ0n) is 26.9. The predicted octanol–water partition coefficient (Wildman–Crippen LogP) is 8.82. The van der Waals surface area contributed by atoms with Crippen LogP contribution in [-0.2, 0) is 6.61 Å². The second-order valence-corrected chi connectivity index (χ2v) is 12.0. The van der Waals surface area contributed by atoms with Crippen molar-refractivity contribution in [2.24, 2.45) is 0 Å². The van der Waals surface area contributed by atoms with Gasteiger partial charge in [-0.05, 0) is 95.5 Å². The molecule has 236 valence electrons. The molecule has 0 aliphatic heterocycles. The molecule has 8 nitrogen and oxygen atoms in total. The summed E-state index contributed by atoms with van der Waals surface area (Å²) in [7, 11) is 0. The standard InChI is InChI=1S/C38H41N5O3/c1-6-7-8-18-43(34-22-29-14-11-17-40-36(29)42-37(34)44)38(45)41-35-32(25(2)3)20-30(21-33(35)26(4)5)28-13-9-15-31(19-28)46-24-27-12-10-16-39-23-27/h6,9-17,19-23,25-26H,1,7-8,18,24H2,2-5H3,(H,41,45)(H,40,42,44). The van der Waals surface area contributed by atoms with Crippen LogP contribution in [0.4, 0.5) is 16.2 Å². The van der Waals surface area contributed by atoms with Crippen molar-refractivity contribution < 1.29 is 9.53 Å². The summed E-state index contributed by atoms with van der Waals surface area (Å²) < 4.78 is 6.09. The number of anilines is 2. The summed E-state index contributed by atoms with van der Waals surface area (Å²) in [5.74, 6) is 0.992. The zero-order valence-corrected chi connectivity index (χ0v) is 26.9. The number of hydrogen-bond acceptors (Lipinski definition) is 5. The lowest BCUT2D eigenvalue weighted by atomic mass is 9.88. The maximum absolute atomic E-state index is 14.1. The van der Waals surface area contributed by atoms with Crippen LogP contribution in [-0.4, -0.2) is 27.5 Å². The molecule has 5 aromatic rings. The second kappa shape index (κ2) is 14.7. The van der Waals surface area contributed by atoms with E-state index >= 15 is 0 Å². The lowest BCUT2D eigenvalue weighted by molar-refractivity contribution is 0.256. The number of aromatic amines is 1. The van der Waals surface area contributed by atoms with Crippen LogP contribution in [0.5, 0.6) is 5.75 Å². The molecule has 46 heavy (non-hydrogen) atoms. The van der Waals surface area contributed by atoms with Crippen molar-refractivity contribution in [1.29, 1.82) is 0 Å². The van der Waals surface area contributed by atoms with E-state index < -0.39 is 0 Å². The van der Waals surface area contributed by atoms with Gasteiger partial charge in [-0.1, -0.05) is 52.0 Å². The molecule has 3 aromatic heterocycles. The third-order valence-electron chi connectivity index (χ3n) is 7.89. The van der Waals surface area contributed by atoms with Crippen molar-refractivity contribution in [3.8, 4) is 16.9 Å². The SMILES string of the molecule is C=CCCCN(C(=O)Nc1c(C(C)C)cc(-c2cccc(OCc3cccnc3)c2)cc1C(C)C)c1cc2cccnc2[nH]c1=O. The van der Waals surface area contributed by atoms with Crippen LogP contribution in [0.1, 0.15) is 69.1 Å². The van der Waals surface area contributed by atoms with Gasteiger partial charge in [0.1, 0.15) is 23.7 Å². The van der Waals surface area contributed by atoms with Gasteiger partial charge in [-0.15, -0.1) is 6.58 Å². The first-order valence-corrected chi connectivity index (χ1v) is 15.7. The Bertz CT molecular complexity index is 1850. The number of amides is 2. The van der Waals surface area contributed by atoms with E-state index in [1.165, 1.54) is 4.90 Å². The largest absolute Gasteiger partial charge is 0.489 e. The summed E-state index contributed by atoms with van der Waals surface area (Å²) in [5, 5.41) is 3.98. The number of fused-ring (bicyclic) bond motifs is 1. The van der Waals surface area contributed by atoms with Crippen LogP contribution in [0.15, 0.2) is 103 Å². The molecule has 0 aliphatic rings. The van der Waals surface area contributed by atoms with Gasteiger partial charge >= 0.3 is 6.03 Å². The summed E-state index contributed by atoms with van der Waals surface area (Å²) in [5.41, 5.74) is 6.25. The summed E-state index contributed by atoms with van der Waals surface area (Å²) in [6, 6.07) is 21.3. The fourth-order valence-electron chi connectivity index (χ4n) is 5.45. The van der Waals surface area contributed by atoms with Gasteiger partial charge in [0.05, 0.1) is 0 Å². The van der Waals surface area contributed by atoms with Crippen molar-refractivity contribution >= 4 is 28.4 Å². The van der Waals surface area contributed by atoms with Gasteiger partial charge < -0.3 is 15.0 Å². The fraction of sp³-hybridized carbons (Fsp3) is 0.263. The van der Waals surface area contributed by atoms with Gasteiger partial charge in [-0.3, -0.25) is 14.7 Å². The van der Waals surface area contributed by atoms with E-state index in [0.717, 1.165) is 44.6 Å². The smallest absolute Gasteiger partial charge is 0.326 e. The topological polar surface area (TPSA) is 100 Å². The number of aromatic nitrogens is 3. The van der Waals surface area contributed by atoms with Gasteiger partial charge in [0.2, 0.25) is 0 Å². The minimum Gasteiger partial charge on any atom is -0.489 e. The molecule has 0 saturated heterocycles. The first kappa shape index (κ1) is 32.2. The van der Waals surface area contributed by atoms with Crippen molar-refractivity contribution in [3.05, 3.63) is 125 Å². The minimum atomic E-state index is -0.367. The van der Waals surface area contributed by atoms with Gasteiger partial charge in [0.25, 0.3) is 5.56 Å². The highest BCUT2D eigenvalue weighted by Gasteiger charge is 2.24. The molecule has 0 spiro atoms. The molecule has 5 rings (SSSR count). The summed E-state index contributed by atoms with van der Waals surface area (Å²) in [6.45, 7) is 13.1. The van der Waals surface area contributed by atoms with Gasteiger partial charge in [0, 0.05) is 41.8 Å². The van der Waals surface area contributed by atoms with Crippen LogP contribution < -0.4 is 20.5 Å². The highest BCUT2D eigenvalue weighted by Crippen LogP contribution is 2.38.